The Morgan fingerprint density at radius 1 is 1.27 bits per heavy atom. The van der Waals surface area contributed by atoms with Crippen molar-refractivity contribution in [3.8, 4) is 0 Å². The largest absolute Gasteiger partial charge is 0.387 e. The lowest BCUT2D eigenvalue weighted by Gasteiger charge is -2.41. The van der Waals surface area contributed by atoms with Crippen molar-refractivity contribution in [1.82, 2.24) is 19.6 Å². The minimum absolute atomic E-state index is 0.175. The third-order valence-corrected chi connectivity index (χ3v) is 6.33. The normalized spacial score (nSPS) is 29.3. The van der Waals surface area contributed by atoms with Crippen molar-refractivity contribution in [2.45, 2.75) is 37.5 Å². The lowest BCUT2D eigenvalue weighted by atomic mass is 9.85. The zero-order valence-electron chi connectivity index (χ0n) is 16.0. The number of likely N-dealkylation sites (N-methyl/N-ethyl adjacent to an activating group) is 1. The minimum atomic E-state index is -0.380. The van der Waals surface area contributed by atoms with Crippen molar-refractivity contribution >= 4 is 0 Å². The molecule has 1 fully saturated rings. The van der Waals surface area contributed by atoms with Gasteiger partial charge in [-0.1, -0.05) is 24.3 Å². The number of nitrogens with zero attached hydrogens (tertiary/aromatic N) is 4. The molecule has 0 bridgehead atoms. The smallest absolute Gasteiger partial charge is 0.0950 e. The number of aromatic nitrogens is 2. The Labute approximate surface area is 156 Å². The van der Waals surface area contributed by atoms with Crippen molar-refractivity contribution in [3.63, 3.8) is 0 Å². The molecule has 0 spiro atoms. The summed E-state index contributed by atoms with van der Waals surface area (Å²) in [6.07, 6.45) is 7.19. The number of piperidine rings is 1. The minimum Gasteiger partial charge on any atom is -0.387 e. The first kappa shape index (κ1) is 17.7. The highest BCUT2D eigenvalue weighted by Gasteiger charge is 2.37. The van der Waals surface area contributed by atoms with Crippen molar-refractivity contribution < 1.29 is 5.11 Å². The summed E-state index contributed by atoms with van der Waals surface area (Å²) >= 11 is 0. The summed E-state index contributed by atoms with van der Waals surface area (Å²) in [6.45, 7) is 2.14. The molecule has 26 heavy (non-hydrogen) atoms. The van der Waals surface area contributed by atoms with Crippen LogP contribution in [0.4, 0.5) is 0 Å². The molecule has 4 atom stereocenters. The summed E-state index contributed by atoms with van der Waals surface area (Å²) in [4.78, 5) is 4.86. The van der Waals surface area contributed by atoms with Crippen LogP contribution in [0.25, 0.3) is 0 Å². The van der Waals surface area contributed by atoms with E-state index < -0.39 is 0 Å². The third-order valence-electron chi connectivity index (χ3n) is 6.33. The summed E-state index contributed by atoms with van der Waals surface area (Å²) in [7, 11) is 6.39. The monoisotopic (exact) mass is 354 g/mol. The molecule has 5 heteroatoms. The Balaban J connectivity index is 1.50. The van der Waals surface area contributed by atoms with Crippen molar-refractivity contribution in [1.29, 1.82) is 0 Å². The highest BCUT2D eigenvalue weighted by molar-refractivity contribution is 5.35. The molecule has 140 valence electrons. The lowest BCUT2D eigenvalue weighted by Crippen LogP contribution is -2.44. The van der Waals surface area contributed by atoms with Gasteiger partial charge in [0, 0.05) is 37.4 Å². The Kier molecular flexibility index (Phi) is 4.86. The molecule has 1 saturated heterocycles. The number of aliphatic hydroxyl groups is 1. The molecule has 1 N–H and O–H groups in total. The quantitative estimate of drug-likeness (QED) is 0.916. The van der Waals surface area contributed by atoms with Gasteiger partial charge in [0.15, 0.2) is 0 Å². The van der Waals surface area contributed by atoms with E-state index in [9.17, 15) is 5.11 Å². The van der Waals surface area contributed by atoms with Crippen LogP contribution in [-0.2, 0) is 13.5 Å². The zero-order valence-corrected chi connectivity index (χ0v) is 16.0. The zero-order chi connectivity index (χ0) is 18.3. The van der Waals surface area contributed by atoms with Crippen LogP contribution in [-0.4, -0.2) is 57.9 Å². The maximum Gasteiger partial charge on any atom is 0.0950 e. The molecule has 0 unspecified atom stereocenters. The first-order valence-electron chi connectivity index (χ1n) is 9.69. The van der Waals surface area contributed by atoms with Gasteiger partial charge in [0.05, 0.1) is 12.3 Å². The van der Waals surface area contributed by atoms with Crippen molar-refractivity contribution in [2.75, 3.05) is 27.2 Å². The molecule has 2 heterocycles. The Bertz CT molecular complexity index is 758. The van der Waals surface area contributed by atoms with E-state index in [2.05, 4.69) is 53.4 Å². The molecule has 0 amide bonds. The van der Waals surface area contributed by atoms with Crippen LogP contribution in [0.3, 0.4) is 0 Å². The van der Waals surface area contributed by atoms with Crippen LogP contribution in [0, 0.1) is 5.92 Å². The fourth-order valence-electron chi connectivity index (χ4n) is 5.03. The number of fused-ring (bicyclic) bond motifs is 1. The molecule has 1 aliphatic carbocycles. The standard InChI is InChI=1S/C21H30N4O/c1-23-10-6-8-16(20(23)17-12-22-25(3)14-17)13-24(2)19-11-15-7-4-5-9-18(15)21(19)26/h4-5,7,9,12,14,16,19-21,26H,6,8,10-11,13H2,1-3H3/t16-,19-,20+,21+/m0/s1. The van der Waals surface area contributed by atoms with Crippen LogP contribution in [0.1, 0.15) is 41.7 Å². The second-order valence-electron chi connectivity index (χ2n) is 8.13. The van der Waals surface area contributed by atoms with Gasteiger partial charge in [-0.15, -0.1) is 0 Å². The van der Waals surface area contributed by atoms with Gasteiger partial charge in [-0.05, 0) is 56.9 Å². The number of hydrogen-bond acceptors (Lipinski definition) is 4. The first-order valence-corrected chi connectivity index (χ1v) is 9.69. The van der Waals surface area contributed by atoms with E-state index in [1.807, 2.05) is 24.0 Å². The number of aryl methyl sites for hydroxylation is 1. The average Bonchev–Trinajstić information content (AvgIpc) is 3.19. The second-order valence-corrected chi connectivity index (χ2v) is 8.13. The summed E-state index contributed by atoms with van der Waals surface area (Å²) in [5, 5.41) is 15.2. The van der Waals surface area contributed by atoms with Crippen LogP contribution in [0.2, 0.25) is 0 Å². The number of rotatable bonds is 4. The summed E-state index contributed by atoms with van der Waals surface area (Å²) in [6, 6.07) is 8.90. The van der Waals surface area contributed by atoms with Crippen molar-refractivity contribution in [3.05, 3.63) is 53.3 Å². The van der Waals surface area contributed by atoms with E-state index >= 15 is 0 Å². The molecule has 0 saturated carbocycles. The van der Waals surface area contributed by atoms with Gasteiger partial charge in [-0.25, -0.2) is 0 Å². The number of hydrogen-bond donors (Lipinski definition) is 1. The Morgan fingerprint density at radius 3 is 2.81 bits per heavy atom. The fraction of sp³-hybridized carbons (Fsp3) is 0.571. The van der Waals surface area contributed by atoms with Gasteiger partial charge in [0.2, 0.25) is 0 Å². The third kappa shape index (κ3) is 3.20. The van der Waals surface area contributed by atoms with Crippen LogP contribution in [0.5, 0.6) is 0 Å². The first-order chi connectivity index (χ1) is 12.5. The van der Waals surface area contributed by atoms with Crippen molar-refractivity contribution in [2.24, 2.45) is 13.0 Å². The Hall–Kier alpha value is -1.69. The molecule has 1 aliphatic heterocycles. The predicted octanol–water partition coefficient (Wildman–Crippen LogP) is 2.39. The molecular weight excluding hydrogens is 324 g/mol. The maximum atomic E-state index is 10.8. The van der Waals surface area contributed by atoms with Crippen LogP contribution >= 0.6 is 0 Å². The predicted molar refractivity (Wildman–Crippen MR) is 103 cm³/mol. The van der Waals surface area contributed by atoms with E-state index in [-0.39, 0.29) is 12.1 Å². The SMILES string of the molecule is CN(C[C@@H]1CCCN(C)[C@H]1c1cnn(C)c1)[C@H]1Cc2ccccc2[C@H]1O. The average molecular weight is 354 g/mol. The lowest BCUT2D eigenvalue weighted by molar-refractivity contribution is 0.0390. The molecule has 5 nitrogen and oxygen atoms in total. The molecule has 2 aromatic rings. The number of benzene rings is 1. The van der Waals surface area contributed by atoms with E-state index in [1.165, 1.54) is 24.0 Å². The second kappa shape index (κ2) is 7.14. The number of aliphatic hydroxyl groups excluding tert-OH is 1. The summed E-state index contributed by atoms with van der Waals surface area (Å²) in [5.74, 6) is 0.555. The molecular formula is C21H30N4O. The fourth-order valence-corrected chi connectivity index (χ4v) is 5.03. The van der Waals surface area contributed by atoms with Gasteiger partial charge in [-0.3, -0.25) is 14.5 Å². The van der Waals surface area contributed by atoms with Crippen LogP contribution in [0.15, 0.2) is 36.7 Å². The van der Waals surface area contributed by atoms with Gasteiger partial charge in [-0.2, -0.15) is 5.10 Å². The molecule has 1 aromatic carbocycles. The summed E-state index contributed by atoms with van der Waals surface area (Å²) < 4.78 is 1.90. The van der Waals surface area contributed by atoms with Crippen LogP contribution < -0.4 is 0 Å². The highest BCUT2D eigenvalue weighted by atomic mass is 16.3. The van der Waals surface area contributed by atoms with Gasteiger partial charge in [0.1, 0.15) is 0 Å². The Morgan fingerprint density at radius 2 is 2.08 bits per heavy atom. The summed E-state index contributed by atoms with van der Waals surface area (Å²) in [5.41, 5.74) is 3.71. The van der Waals surface area contributed by atoms with E-state index in [4.69, 9.17) is 0 Å². The number of likely N-dealkylation sites (tertiary alicyclic amines) is 1. The molecule has 1 aromatic heterocycles. The topological polar surface area (TPSA) is 44.5 Å². The highest BCUT2D eigenvalue weighted by Crippen LogP contribution is 2.38. The van der Waals surface area contributed by atoms with Gasteiger partial charge >= 0.3 is 0 Å². The van der Waals surface area contributed by atoms with Gasteiger partial charge < -0.3 is 5.11 Å². The van der Waals surface area contributed by atoms with E-state index in [0.717, 1.165) is 25.1 Å². The molecule has 4 rings (SSSR count). The molecule has 2 aliphatic rings. The maximum absolute atomic E-state index is 10.8. The van der Waals surface area contributed by atoms with E-state index in [0.29, 0.717) is 12.0 Å². The molecule has 0 radical (unpaired) electrons. The van der Waals surface area contributed by atoms with E-state index in [1.54, 1.807) is 0 Å². The van der Waals surface area contributed by atoms with Gasteiger partial charge in [0.25, 0.3) is 0 Å².